The molecule has 26 heavy (non-hydrogen) atoms. The van der Waals surface area contributed by atoms with Crippen LogP contribution in [0.4, 0.5) is 0 Å². The Kier molecular flexibility index (Phi) is 9.49. The van der Waals surface area contributed by atoms with Crippen molar-refractivity contribution in [1.82, 2.24) is 30.6 Å². The van der Waals surface area contributed by atoms with E-state index in [0.29, 0.717) is 18.3 Å². The molecule has 0 spiro atoms. The molecule has 1 amide bonds. The summed E-state index contributed by atoms with van der Waals surface area (Å²) in [5.74, 6) is -0.154. The minimum Gasteiger partial charge on any atom is -0.350 e. The Balaban J connectivity index is 0.00000169. The predicted molar refractivity (Wildman–Crippen MR) is 108 cm³/mol. The van der Waals surface area contributed by atoms with E-state index in [9.17, 15) is 4.79 Å². The fourth-order valence-corrected chi connectivity index (χ4v) is 3.74. The zero-order valence-electron chi connectivity index (χ0n) is 15.0. The number of hydrogen-bond donors (Lipinski definition) is 2. The van der Waals surface area contributed by atoms with Crippen molar-refractivity contribution in [2.24, 2.45) is 0 Å². The molecule has 1 fully saturated rings. The molecule has 0 aromatic carbocycles. The van der Waals surface area contributed by atoms with Crippen LogP contribution in [0.25, 0.3) is 0 Å². The van der Waals surface area contributed by atoms with Gasteiger partial charge in [-0.2, -0.15) is 0 Å². The molecule has 2 aromatic rings. The molecule has 0 saturated carbocycles. The standard InChI is InChI=1S/C16H24N6OS.2ClH/c1-3-14-19-12(10-24-14)4-9-18-16(23)15-11(2)22(21-20-15)13-5-7-17-8-6-13;;/h10,13,17H,3-9H2,1-2H3,(H,18,23);2*1H. The van der Waals surface area contributed by atoms with Crippen molar-refractivity contribution in [3.8, 4) is 0 Å². The molecule has 2 aromatic heterocycles. The lowest BCUT2D eigenvalue weighted by molar-refractivity contribution is 0.0948. The Hall–Kier alpha value is -1.22. The molecule has 0 aliphatic carbocycles. The minimum absolute atomic E-state index is 0. The fourth-order valence-electron chi connectivity index (χ4n) is 2.96. The van der Waals surface area contributed by atoms with Crippen LogP contribution in [0.2, 0.25) is 0 Å². The van der Waals surface area contributed by atoms with E-state index in [4.69, 9.17) is 0 Å². The lowest BCUT2D eigenvalue weighted by Gasteiger charge is -2.23. The molecule has 2 N–H and O–H groups in total. The van der Waals surface area contributed by atoms with Gasteiger partial charge in [0.25, 0.3) is 5.91 Å². The van der Waals surface area contributed by atoms with Gasteiger partial charge in [-0.1, -0.05) is 12.1 Å². The number of hydrogen-bond acceptors (Lipinski definition) is 6. The second-order valence-corrected chi connectivity index (χ2v) is 6.98. The second kappa shape index (κ2) is 10.8. The summed E-state index contributed by atoms with van der Waals surface area (Å²) in [6.07, 6.45) is 3.74. The lowest BCUT2D eigenvalue weighted by atomic mass is 10.1. The van der Waals surface area contributed by atoms with Gasteiger partial charge in [0.2, 0.25) is 0 Å². The number of carbonyl (C=O) groups excluding carboxylic acids is 1. The number of nitrogens with zero attached hydrogens (tertiary/aromatic N) is 4. The van der Waals surface area contributed by atoms with Crippen molar-refractivity contribution in [2.75, 3.05) is 19.6 Å². The van der Waals surface area contributed by atoms with E-state index in [-0.39, 0.29) is 30.7 Å². The second-order valence-electron chi connectivity index (χ2n) is 6.04. The topological polar surface area (TPSA) is 84.7 Å². The Bertz CT molecular complexity index is 699. The van der Waals surface area contributed by atoms with Gasteiger partial charge in [0, 0.05) is 18.3 Å². The first-order valence-corrected chi connectivity index (χ1v) is 9.41. The summed E-state index contributed by atoms with van der Waals surface area (Å²) in [7, 11) is 0. The molecule has 0 radical (unpaired) electrons. The summed E-state index contributed by atoms with van der Waals surface area (Å²) in [6.45, 7) is 6.55. The monoisotopic (exact) mass is 420 g/mol. The van der Waals surface area contributed by atoms with Crippen LogP contribution in [0.5, 0.6) is 0 Å². The first-order chi connectivity index (χ1) is 11.7. The average Bonchev–Trinajstić information content (AvgIpc) is 3.22. The van der Waals surface area contributed by atoms with Gasteiger partial charge in [0.1, 0.15) is 0 Å². The van der Waals surface area contributed by atoms with Crippen molar-refractivity contribution in [1.29, 1.82) is 0 Å². The number of aromatic nitrogens is 4. The maximum Gasteiger partial charge on any atom is 0.273 e. The van der Waals surface area contributed by atoms with E-state index >= 15 is 0 Å². The highest BCUT2D eigenvalue weighted by Gasteiger charge is 2.22. The summed E-state index contributed by atoms with van der Waals surface area (Å²) < 4.78 is 1.91. The number of aryl methyl sites for hydroxylation is 1. The molecular formula is C16H26Cl2N6OS. The van der Waals surface area contributed by atoms with Crippen molar-refractivity contribution >= 4 is 42.1 Å². The van der Waals surface area contributed by atoms with Gasteiger partial charge >= 0.3 is 0 Å². The van der Waals surface area contributed by atoms with E-state index in [2.05, 4.69) is 38.2 Å². The normalized spacial score (nSPS) is 14.4. The van der Waals surface area contributed by atoms with Crippen LogP contribution >= 0.6 is 36.2 Å². The van der Waals surface area contributed by atoms with Gasteiger partial charge in [0.05, 0.1) is 22.4 Å². The Morgan fingerprint density at radius 1 is 1.38 bits per heavy atom. The van der Waals surface area contributed by atoms with E-state index in [1.54, 1.807) is 11.3 Å². The van der Waals surface area contributed by atoms with Gasteiger partial charge in [-0.25, -0.2) is 9.67 Å². The summed E-state index contributed by atoms with van der Waals surface area (Å²) in [5.41, 5.74) is 2.31. The fraction of sp³-hybridized carbons (Fsp3) is 0.625. The van der Waals surface area contributed by atoms with Crippen LogP contribution in [-0.4, -0.2) is 45.5 Å². The number of piperidine rings is 1. The van der Waals surface area contributed by atoms with Crippen molar-refractivity contribution in [3.63, 3.8) is 0 Å². The molecule has 3 rings (SSSR count). The maximum absolute atomic E-state index is 12.4. The Labute approximate surface area is 170 Å². The maximum atomic E-state index is 12.4. The molecule has 0 unspecified atom stereocenters. The molecule has 3 heterocycles. The van der Waals surface area contributed by atoms with Gasteiger partial charge in [-0.15, -0.1) is 41.2 Å². The van der Waals surface area contributed by atoms with Crippen LogP contribution in [-0.2, 0) is 12.8 Å². The third kappa shape index (κ3) is 5.39. The lowest BCUT2D eigenvalue weighted by Crippen LogP contribution is -2.30. The zero-order chi connectivity index (χ0) is 16.9. The van der Waals surface area contributed by atoms with Crippen LogP contribution < -0.4 is 10.6 Å². The van der Waals surface area contributed by atoms with Crippen molar-refractivity contribution in [3.05, 3.63) is 27.5 Å². The number of halogens is 2. The number of thiazole rings is 1. The molecule has 1 saturated heterocycles. The SMILES string of the molecule is CCc1nc(CCNC(=O)c2nnn(C3CCNCC3)c2C)cs1.Cl.Cl. The third-order valence-corrected chi connectivity index (χ3v) is 5.41. The number of nitrogens with one attached hydrogen (secondary N) is 2. The molecule has 7 nitrogen and oxygen atoms in total. The van der Waals surface area contributed by atoms with Crippen molar-refractivity contribution in [2.45, 2.75) is 45.6 Å². The van der Waals surface area contributed by atoms with Crippen LogP contribution in [0.1, 0.15) is 52.7 Å². The summed E-state index contributed by atoms with van der Waals surface area (Å²) in [4.78, 5) is 16.9. The smallest absolute Gasteiger partial charge is 0.273 e. The predicted octanol–water partition coefficient (Wildman–Crippen LogP) is 2.35. The van der Waals surface area contributed by atoms with E-state index in [0.717, 1.165) is 55.2 Å². The summed E-state index contributed by atoms with van der Waals surface area (Å²) in [5, 5.41) is 17.8. The number of amides is 1. The molecular weight excluding hydrogens is 395 g/mol. The summed E-state index contributed by atoms with van der Waals surface area (Å²) in [6, 6.07) is 0.336. The highest BCUT2D eigenvalue weighted by atomic mass is 35.5. The molecule has 146 valence electrons. The largest absolute Gasteiger partial charge is 0.350 e. The Morgan fingerprint density at radius 2 is 2.12 bits per heavy atom. The van der Waals surface area contributed by atoms with E-state index < -0.39 is 0 Å². The van der Waals surface area contributed by atoms with Crippen LogP contribution in [0.3, 0.4) is 0 Å². The van der Waals surface area contributed by atoms with E-state index in [1.807, 2.05) is 11.6 Å². The van der Waals surface area contributed by atoms with Gasteiger partial charge in [-0.05, 0) is 39.3 Å². The zero-order valence-corrected chi connectivity index (χ0v) is 17.5. The van der Waals surface area contributed by atoms with Crippen LogP contribution in [0, 0.1) is 6.92 Å². The van der Waals surface area contributed by atoms with E-state index in [1.165, 1.54) is 0 Å². The highest BCUT2D eigenvalue weighted by Crippen LogP contribution is 2.20. The van der Waals surface area contributed by atoms with Gasteiger partial charge in [-0.3, -0.25) is 4.79 Å². The molecule has 1 aliphatic heterocycles. The highest BCUT2D eigenvalue weighted by molar-refractivity contribution is 7.09. The summed E-state index contributed by atoms with van der Waals surface area (Å²) >= 11 is 1.67. The minimum atomic E-state index is -0.154. The van der Waals surface area contributed by atoms with Crippen molar-refractivity contribution < 1.29 is 4.79 Å². The third-order valence-electron chi connectivity index (χ3n) is 4.37. The molecule has 0 bridgehead atoms. The number of carbonyl (C=O) groups is 1. The number of rotatable bonds is 6. The average molecular weight is 421 g/mol. The Morgan fingerprint density at radius 3 is 2.77 bits per heavy atom. The first-order valence-electron chi connectivity index (χ1n) is 8.53. The first kappa shape index (κ1) is 22.8. The molecule has 1 aliphatic rings. The molecule has 0 atom stereocenters. The quantitative estimate of drug-likeness (QED) is 0.748. The van der Waals surface area contributed by atoms with Gasteiger partial charge in [0.15, 0.2) is 5.69 Å². The van der Waals surface area contributed by atoms with Gasteiger partial charge < -0.3 is 10.6 Å². The van der Waals surface area contributed by atoms with Crippen LogP contribution in [0.15, 0.2) is 5.38 Å². The molecule has 10 heteroatoms.